The molecule has 0 radical (unpaired) electrons. The van der Waals surface area contributed by atoms with E-state index in [-0.39, 0.29) is 5.69 Å². The highest BCUT2D eigenvalue weighted by molar-refractivity contribution is 5.60. The fourth-order valence-corrected chi connectivity index (χ4v) is 2.25. The van der Waals surface area contributed by atoms with Crippen molar-refractivity contribution in [2.24, 2.45) is 0 Å². The summed E-state index contributed by atoms with van der Waals surface area (Å²) in [6.45, 7) is 7.10. The summed E-state index contributed by atoms with van der Waals surface area (Å²) < 4.78 is 5.38. The normalized spacial score (nSPS) is 14.8. The highest BCUT2D eigenvalue weighted by Gasteiger charge is 2.25. The van der Waals surface area contributed by atoms with Crippen molar-refractivity contribution in [1.29, 1.82) is 0 Å². The minimum absolute atomic E-state index is 0.0217. The standard InChI is InChI=1S/C13H19N3O3/c1-3-15(11-8-14-9-11)10-5-6-12(16(17)18)13(7-10)19-4-2/h5-7,11,14H,3-4,8-9H2,1-2H3. The number of nitro groups is 1. The molecule has 104 valence electrons. The molecule has 0 aromatic heterocycles. The van der Waals surface area contributed by atoms with E-state index in [1.165, 1.54) is 6.07 Å². The largest absolute Gasteiger partial charge is 0.487 e. The second-order valence-electron chi connectivity index (χ2n) is 4.44. The zero-order valence-corrected chi connectivity index (χ0v) is 11.3. The fourth-order valence-electron chi connectivity index (χ4n) is 2.25. The van der Waals surface area contributed by atoms with E-state index < -0.39 is 4.92 Å². The molecule has 0 aliphatic carbocycles. The maximum atomic E-state index is 11.0. The summed E-state index contributed by atoms with van der Waals surface area (Å²) in [4.78, 5) is 12.8. The lowest BCUT2D eigenvalue weighted by atomic mass is 10.1. The molecule has 0 unspecified atom stereocenters. The van der Waals surface area contributed by atoms with Gasteiger partial charge >= 0.3 is 5.69 Å². The molecule has 1 aromatic rings. The number of nitro benzene ring substituents is 1. The molecule has 0 amide bonds. The predicted octanol–water partition coefficient (Wildman–Crippen LogP) is 1.79. The Bertz CT molecular complexity index is 460. The average molecular weight is 265 g/mol. The van der Waals surface area contributed by atoms with Gasteiger partial charge in [0.25, 0.3) is 0 Å². The van der Waals surface area contributed by atoms with Crippen LogP contribution in [0, 0.1) is 10.1 Å². The highest BCUT2D eigenvalue weighted by Crippen LogP contribution is 2.32. The van der Waals surface area contributed by atoms with Crippen molar-refractivity contribution in [3.63, 3.8) is 0 Å². The molecule has 6 nitrogen and oxygen atoms in total. The highest BCUT2D eigenvalue weighted by atomic mass is 16.6. The van der Waals surface area contributed by atoms with E-state index in [0.29, 0.717) is 18.4 Å². The first-order chi connectivity index (χ1) is 9.17. The maximum Gasteiger partial charge on any atom is 0.311 e. The van der Waals surface area contributed by atoms with Gasteiger partial charge in [-0.1, -0.05) is 0 Å². The summed E-state index contributed by atoms with van der Waals surface area (Å²) in [7, 11) is 0. The van der Waals surface area contributed by atoms with Gasteiger partial charge in [-0.15, -0.1) is 0 Å². The Labute approximate surface area is 112 Å². The van der Waals surface area contributed by atoms with E-state index in [1.54, 1.807) is 12.1 Å². The van der Waals surface area contributed by atoms with Gasteiger partial charge in [-0.25, -0.2) is 0 Å². The Balaban J connectivity index is 2.30. The van der Waals surface area contributed by atoms with Crippen molar-refractivity contribution < 1.29 is 9.66 Å². The first-order valence-corrected chi connectivity index (χ1v) is 6.56. The molecular formula is C13H19N3O3. The fraction of sp³-hybridized carbons (Fsp3) is 0.538. The van der Waals surface area contributed by atoms with Gasteiger partial charge in [0.2, 0.25) is 0 Å². The Hall–Kier alpha value is -1.82. The molecule has 1 aliphatic heterocycles. The molecule has 0 atom stereocenters. The first-order valence-electron chi connectivity index (χ1n) is 6.56. The summed E-state index contributed by atoms with van der Waals surface area (Å²) >= 11 is 0. The summed E-state index contributed by atoms with van der Waals surface area (Å²) in [5.74, 6) is 0.343. The van der Waals surface area contributed by atoms with Crippen LogP contribution in [0.3, 0.4) is 0 Å². The molecule has 1 N–H and O–H groups in total. The minimum atomic E-state index is -0.407. The lowest BCUT2D eigenvalue weighted by Crippen LogP contribution is -2.57. The molecule has 0 spiro atoms. The lowest BCUT2D eigenvalue weighted by Gasteiger charge is -2.39. The van der Waals surface area contributed by atoms with Crippen molar-refractivity contribution in [3.05, 3.63) is 28.3 Å². The van der Waals surface area contributed by atoms with Crippen LogP contribution < -0.4 is 15.0 Å². The van der Waals surface area contributed by atoms with Crippen LogP contribution in [0.4, 0.5) is 11.4 Å². The molecule has 1 heterocycles. The topological polar surface area (TPSA) is 67.6 Å². The van der Waals surface area contributed by atoms with Gasteiger partial charge in [0.05, 0.1) is 17.6 Å². The monoisotopic (exact) mass is 265 g/mol. The number of rotatable bonds is 6. The Morgan fingerprint density at radius 3 is 2.68 bits per heavy atom. The van der Waals surface area contributed by atoms with Crippen molar-refractivity contribution in [2.45, 2.75) is 19.9 Å². The van der Waals surface area contributed by atoms with E-state index >= 15 is 0 Å². The van der Waals surface area contributed by atoms with Crippen molar-refractivity contribution in [3.8, 4) is 5.75 Å². The second-order valence-corrected chi connectivity index (χ2v) is 4.44. The molecule has 2 rings (SSSR count). The number of hydrogen-bond donors (Lipinski definition) is 1. The van der Waals surface area contributed by atoms with Crippen LogP contribution in [0.1, 0.15) is 13.8 Å². The van der Waals surface area contributed by atoms with Crippen LogP contribution >= 0.6 is 0 Å². The molecule has 1 saturated heterocycles. The van der Waals surface area contributed by atoms with E-state index in [4.69, 9.17) is 4.74 Å². The van der Waals surface area contributed by atoms with Crippen molar-refractivity contribution in [1.82, 2.24) is 5.32 Å². The van der Waals surface area contributed by atoms with Gasteiger partial charge in [0.1, 0.15) is 0 Å². The number of ether oxygens (including phenoxy) is 1. The third-order valence-corrected chi connectivity index (χ3v) is 3.31. The van der Waals surface area contributed by atoms with Crippen molar-refractivity contribution >= 4 is 11.4 Å². The Kier molecular flexibility index (Phi) is 4.21. The van der Waals surface area contributed by atoms with Gasteiger partial charge < -0.3 is 15.0 Å². The van der Waals surface area contributed by atoms with E-state index in [1.807, 2.05) is 6.92 Å². The van der Waals surface area contributed by atoms with Gasteiger partial charge in [0.15, 0.2) is 5.75 Å². The molecule has 19 heavy (non-hydrogen) atoms. The Morgan fingerprint density at radius 1 is 1.47 bits per heavy atom. The lowest BCUT2D eigenvalue weighted by molar-refractivity contribution is -0.385. The molecule has 0 saturated carbocycles. The third kappa shape index (κ3) is 2.78. The van der Waals surface area contributed by atoms with E-state index in [0.717, 1.165) is 25.3 Å². The quantitative estimate of drug-likeness (QED) is 0.627. The first kappa shape index (κ1) is 13.6. The number of nitrogens with one attached hydrogen (secondary N) is 1. The third-order valence-electron chi connectivity index (χ3n) is 3.31. The average Bonchev–Trinajstić information content (AvgIpc) is 2.33. The van der Waals surface area contributed by atoms with Gasteiger partial charge in [0, 0.05) is 37.5 Å². The molecule has 1 fully saturated rings. The van der Waals surface area contributed by atoms with Gasteiger partial charge in [-0.3, -0.25) is 10.1 Å². The number of likely N-dealkylation sites (N-methyl/N-ethyl adjacent to an activating group) is 1. The van der Waals surface area contributed by atoms with E-state index in [9.17, 15) is 10.1 Å². The van der Waals surface area contributed by atoms with Gasteiger partial charge in [-0.2, -0.15) is 0 Å². The maximum absolute atomic E-state index is 11.0. The molecule has 1 aliphatic rings. The molecule has 1 aromatic carbocycles. The summed E-state index contributed by atoms with van der Waals surface area (Å²) in [5, 5.41) is 14.2. The number of nitrogens with zero attached hydrogens (tertiary/aromatic N) is 2. The predicted molar refractivity (Wildman–Crippen MR) is 73.9 cm³/mol. The summed E-state index contributed by atoms with van der Waals surface area (Å²) in [5.41, 5.74) is 0.997. The number of hydrogen-bond acceptors (Lipinski definition) is 5. The number of benzene rings is 1. The van der Waals surface area contributed by atoms with E-state index in [2.05, 4.69) is 17.1 Å². The van der Waals surface area contributed by atoms with Crippen LogP contribution in [0.15, 0.2) is 18.2 Å². The summed E-state index contributed by atoms with van der Waals surface area (Å²) in [6, 6.07) is 5.54. The smallest absolute Gasteiger partial charge is 0.311 e. The Morgan fingerprint density at radius 2 is 2.21 bits per heavy atom. The zero-order chi connectivity index (χ0) is 13.8. The zero-order valence-electron chi connectivity index (χ0n) is 11.3. The van der Waals surface area contributed by atoms with Crippen LogP contribution in [0.25, 0.3) is 0 Å². The molecular weight excluding hydrogens is 246 g/mol. The molecule has 0 bridgehead atoms. The number of anilines is 1. The SMILES string of the molecule is CCOc1cc(N(CC)C2CNC2)ccc1[N+](=O)[O-]. The second kappa shape index (κ2) is 5.88. The summed E-state index contributed by atoms with van der Waals surface area (Å²) in [6.07, 6.45) is 0. The minimum Gasteiger partial charge on any atom is -0.487 e. The van der Waals surface area contributed by atoms with Crippen LogP contribution in [-0.4, -0.2) is 37.2 Å². The van der Waals surface area contributed by atoms with Crippen LogP contribution in [-0.2, 0) is 0 Å². The van der Waals surface area contributed by atoms with Crippen LogP contribution in [0.2, 0.25) is 0 Å². The molecule has 6 heteroatoms. The van der Waals surface area contributed by atoms with Gasteiger partial charge in [-0.05, 0) is 19.9 Å². The van der Waals surface area contributed by atoms with Crippen molar-refractivity contribution in [2.75, 3.05) is 31.1 Å². The van der Waals surface area contributed by atoms with Crippen LogP contribution in [0.5, 0.6) is 5.75 Å².